The standard InChI is InChI=1S/C21H20F3N5O2/c1-13-8-14(2)29(25-13)18-6-7-19(30)28(26-18)12-15-10-27(11-15)20(31)16-4-3-5-17(9-16)21(22,23)24/h3-9,15H,10-12H2,1-2H3. The lowest BCUT2D eigenvalue weighted by Gasteiger charge is -2.39. The fourth-order valence-electron chi connectivity index (χ4n) is 3.65. The minimum absolute atomic E-state index is 0.00454. The monoisotopic (exact) mass is 431 g/mol. The first-order valence-corrected chi connectivity index (χ1v) is 9.70. The zero-order valence-corrected chi connectivity index (χ0v) is 16.9. The van der Waals surface area contributed by atoms with Crippen molar-refractivity contribution >= 4 is 5.91 Å². The molecule has 2 aromatic heterocycles. The summed E-state index contributed by atoms with van der Waals surface area (Å²) in [6.45, 7) is 4.74. The molecule has 1 aliphatic rings. The predicted molar refractivity (Wildman–Crippen MR) is 106 cm³/mol. The van der Waals surface area contributed by atoms with Gasteiger partial charge >= 0.3 is 6.18 Å². The van der Waals surface area contributed by atoms with Crippen LogP contribution in [0.4, 0.5) is 13.2 Å². The second-order valence-corrected chi connectivity index (χ2v) is 7.71. The van der Waals surface area contributed by atoms with Gasteiger partial charge in [-0.1, -0.05) is 6.07 Å². The Morgan fingerprint density at radius 2 is 1.84 bits per heavy atom. The van der Waals surface area contributed by atoms with E-state index in [1.54, 1.807) is 10.7 Å². The van der Waals surface area contributed by atoms with Crippen LogP contribution in [0.3, 0.4) is 0 Å². The molecule has 3 aromatic rings. The molecular formula is C21H20F3N5O2. The van der Waals surface area contributed by atoms with Gasteiger partial charge in [0.05, 0.1) is 17.8 Å². The molecule has 0 unspecified atom stereocenters. The molecule has 0 radical (unpaired) electrons. The summed E-state index contributed by atoms with van der Waals surface area (Å²) in [5.74, 6) is 0.0381. The van der Waals surface area contributed by atoms with Gasteiger partial charge in [-0.25, -0.2) is 9.36 Å². The number of aryl methyl sites for hydroxylation is 2. The number of carbonyl (C=O) groups excluding carboxylic acids is 1. The van der Waals surface area contributed by atoms with E-state index in [-0.39, 0.29) is 17.0 Å². The van der Waals surface area contributed by atoms with E-state index in [1.807, 2.05) is 19.9 Å². The van der Waals surface area contributed by atoms with Gasteiger partial charge < -0.3 is 4.90 Å². The highest BCUT2D eigenvalue weighted by Crippen LogP contribution is 2.30. The molecule has 0 atom stereocenters. The van der Waals surface area contributed by atoms with E-state index in [0.717, 1.165) is 23.5 Å². The second kappa shape index (κ2) is 7.68. The summed E-state index contributed by atoms with van der Waals surface area (Å²) in [5.41, 5.74) is 0.590. The van der Waals surface area contributed by atoms with Gasteiger partial charge in [0.1, 0.15) is 0 Å². The molecule has 0 N–H and O–H groups in total. The third-order valence-corrected chi connectivity index (χ3v) is 5.19. The Bertz CT molecular complexity index is 1190. The minimum atomic E-state index is -4.50. The summed E-state index contributed by atoms with van der Waals surface area (Å²) < 4.78 is 41.6. The van der Waals surface area contributed by atoms with E-state index >= 15 is 0 Å². The third-order valence-electron chi connectivity index (χ3n) is 5.19. The Kier molecular flexibility index (Phi) is 5.16. The molecule has 1 amide bonds. The van der Waals surface area contributed by atoms with Crippen LogP contribution in [0.15, 0.2) is 47.3 Å². The number of benzene rings is 1. The van der Waals surface area contributed by atoms with Crippen LogP contribution in [0.1, 0.15) is 27.3 Å². The fourth-order valence-corrected chi connectivity index (χ4v) is 3.65. The van der Waals surface area contributed by atoms with E-state index in [0.29, 0.717) is 25.5 Å². The smallest absolute Gasteiger partial charge is 0.338 e. The van der Waals surface area contributed by atoms with Gasteiger partial charge in [-0.15, -0.1) is 5.10 Å². The molecular weight excluding hydrogens is 411 g/mol. The van der Waals surface area contributed by atoms with Crippen LogP contribution in [-0.2, 0) is 12.7 Å². The Hall–Kier alpha value is -3.43. The van der Waals surface area contributed by atoms with Crippen molar-refractivity contribution < 1.29 is 18.0 Å². The topological polar surface area (TPSA) is 73.0 Å². The van der Waals surface area contributed by atoms with E-state index in [4.69, 9.17) is 0 Å². The Morgan fingerprint density at radius 1 is 1.10 bits per heavy atom. The van der Waals surface area contributed by atoms with Crippen LogP contribution >= 0.6 is 0 Å². The highest BCUT2D eigenvalue weighted by Gasteiger charge is 2.34. The number of amides is 1. The van der Waals surface area contributed by atoms with Crippen LogP contribution in [-0.4, -0.2) is 43.5 Å². The first-order chi connectivity index (χ1) is 14.6. The van der Waals surface area contributed by atoms with Gasteiger partial charge in [-0.3, -0.25) is 9.59 Å². The SMILES string of the molecule is Cc1cc(C)n(-c2ccc(=O)n(CC3CN(C(=O)c4cccc(C(F)(F)F)c4)C3)n2)n1. The maximum absolute atomic E-state index is 12.9. The van der Waals surface area contributed by atoms with Gasteiger partial charge in [0.25, 0.3) is 11.5 Å². The summed E-state index contributed by atoms with van der Waals surface area (Å²) in [7, 11) is 0. The summed E-state index contributed by atoms with van der Waals surface area (Å²) in [6.07, 6.45) is -4.50. The number of nitrogens with zero attached hydrogens (tertiary/aromatic N) is 5. The molecule has 4 rings (SSSR count). The lowest BCUT2D eigenvalue weighted by Crippen LogP contribution is -2.52. The minimum Gasteiger partial charge on any atom is -0.338 e. The Labute approximate surface area is 175 Å². The van der Waals surface area contributed by atoms with Gasteiger partial charge in [0, 0.05) is 36.3 Å². The summed E-state index contributed by atoms with van der Waals surface area (Å²) in [4.78, 5) is 26.2. The molecule has 162 valence electrons. The van der Waals surface area contributed by atoms with Crippen molar-refractivity contribution in [1.82, 2.24) is 24.5 Å². The Morgan fingerprint density at radius 3 is 2.48 bits per heavy atom. The highest BCUT2D eigenvalue weighted by atomic mass is 19.4. The zero-order valence-electron chi connectivity index (χ0n) is 16.9. The molecule has 0 spiro atoms. The van der Waals surface area contributed by atoms with Gasteiger partial charge in [0.15, 0.2) is 5.82 Å². The molecule has 1 fully saturated rings. The summed E-state index contributed by atoms with van der Waals surface area (Å²) in [5, 5.41) is 8.74. The molecule has 0 aliphatic carbocycles. The number of rotatable bonds is 4. The molecule has 7 nitrogen and oxygen atoms in total. The predicted octanol–water partition coefficient (Wildman–Crippen LogP) is 2.84. The number of hydrogen-bond acceptors (Lipinski definition) is 4. The van der Waals surface area contributed by atoms with Gasteiger partial charge in [0.2, 0.25) is 0 Å². The number of hydrogen-bond donors (Lipinski definition) is 0. The number of alkyl halides is 3. The molecule has 1 aromatic carbocycles. The van der Waals surface area contributed by atoms with Crippen LogP contribution in [0.25, 0.3) is 5.82 Å². The second-order valence-electron chi connectivity index (χ2n) is 7.71. The average molecular weight is 431 g/mol. The number of aromatic nitrogens is 4. The van der Waals surface area contributed by atoms with E-state index in [9.17, 15) is 22.8 Å². The third kappa shape index (κ3) is 4.23. The van der Waals surface area contributed by atoms with Crippen molar-refractivity contribution in [3.05, 3.63) is 75.3 Å². The first-order valence-electron chi connectivity index (χ1n) is 9.70. The van der Waals surface area contributed by atoms with Crippen molar-refractivity contribution in [3.8, 4) is 5.82 Å². The normalized spacial score (nSPS) is 14.5. The number of likely N-dealkylation sites (tertiary alicyclic amines) is 1. The van der Waals surface area contributed by atoms with Crippen molar-refractivity contribution in [3.63, 3.8) is 0 Å². The molecule has 1 saturated heterocycles. The molecule has 10 heteroatoms. The van der Waals surface area contributed by atoms with Crippen molar-refractivity contribution in [2.24, 2.45) is 5.92 Å². The molecule has 31 heavy (non-hydrogen) atoms. The summed E-state index contributed by atoms with van der Waals surface area (Å²) >= 11 is 0. The lowest BCUT2D eigenvalue weighted by atomic mass is 9.98. The molecule has 3 heterocycles. The largest absolute Gasteiger partial charge is 0.416 e. The quantitative estimate of drug-likeness (QED) is 0.637. The van der Waals surface area contributed by atoms with Gasteiger partial charge in [-0.05, 0) is 44.2 Å². The van der Waals surface area contributed by atoms with E-state index in [2.05, 4.69) is 10.2 Å². The maximum atomic E-state index is 12.9. The Balaban J connectivity index is 1.44. The van der Waals surface area contributed by atoms with E-state index < -0.39 is 17.6 Å². The number of carbonyl (C=O) groups is 1. The first kappa shape index (κ1) is 20.8. The van der Waals surface area contributed by atoms with E-state index in [1.165, 1.54) is 27.8 Å². The van der Waals surface area contributed by atoms with Crippen LogP contribution in [0.5, 0.6) is 0 Å². The van der Waals surface area contributed by atoms with Crippen molar-refractivity contribution in [2.75, 3.05) is 13.1 Å². The molecule has 0 saturated carbocycles. The van der Waals surface area contributed by atoms with Crippen LogP contribution < -0.4 is 5.56 Å². The average Bonchev–Trinajstić information content (AvgIpc) is 3.02. The lowest BCUT2D eigenvalue weighted by molar-refractivity contribution is -0.137. The maximum Gasteiger partial charge on any atom is 0.416 e. The molecule has 0 bridgehead atoms. The van der Waals surface area contributed by atoms with Crippen molar-refractivity contribution in [1.29, 1.82) is 0 Å². The highest BCUT2D eigenvalue weighted by molar-refractivity contribution is 5.94. The summed E-state index contributed by atoms with van der Waals surface area (Å²) in [6, 6.07) is 9.31. The number of halogens is 3. The van der Waals surface area contributed by atoms with Crippen LogP contribution in [0.2, 0.25) is 0 Å². The van der Waals surface area contributed by atoms with Gasteiger partial charge in [-0.2, -0.15) is 18.3 Å². The van der Waals surface area contributed by atoms with Crippen molar-refractivity contribution in [2.45, 2.75) is 26.6 Å². The zero-order chi connectivity index (χ0) is 22.3. The molecule has 1 aliphatic heterocycles. The van der Waals surface area contributed by atoms with Crippen LogP contribution in [0, 0.1) is 19.8 Å². The fraction of sp³-hybridized carbons (Fsp3) is 0.333.